The molecule has 2 rings (SSSR count). The minimum Gasteiger partial charge on any atom is -0.314 e. The quantitative estimate of drug-likeness (QED) is 0.838. The Bertz CT molecular complexity index is 385. The zero-order valence-corrected chi connectivity index (χ0v) is 12.9. The van der Waals surface area contributed by atoms with Gasteiger partial charge in [-0.2, -0.15) is 0 Å². The van der Waals surface area contributed by atoms with Gasteiger partial charge in [0.25, 0.3) is 0 Å². The molecule has 0 amide bonds. The molecule has 19 heavy (non-hydrogen) atoms. The lowest BCUT2D eigenvalue weighted by molar-refractivity contribution is 0.0116. The lowest BCUT2D eigenvalue weighted by Crippen LogP contribution is -2.55. The van der Waals surface area contributed by atoms with E-state index in [2.05, 4.69) is 56.3 Å². The number of hydrogen-bond acceptors (Lipinski definition) is 2. The maximum atomic E-state index is 4.33. The van der Waals surface area contributed by atoms with Crippen molar-refractivity contribution in [2.75, 3.05) is 6.54 Å². The van der Waals surface area contributed by atoms with Gasteiger partial charge in [-0.1, -0.05) is 46.6 Å². The summed E-state index contributed by atoms with van der Waals surface area (Å²) in [4.78, 5) is 4.33. The van der Waals surface area contributed by atoms with Gasteiger partial charge >= 0.3 is 0 Å². The minimum atomic E-state index is 0.310. The lowest BCUT2D eigenvalue weighted by Gasteiger charge is -2.57. The molecule has 0 radical (unpaired) electrons. The number of nitrogens with zero attached hydrogens (tertiary/aromatic N) is 1. The highest BCUT2D eigenvalue weighted by molar-refractivity contribution is 5.29. The fourth-order valence-corrected chi connectivity index (χ4v) is 3.64. The van der Waals surface area contributed by atoms with Crippen LogP contribution in [0.15, 0.2) is 24.5 Å². The van der Waals surface area contributed by atoms with Crippen LogP contribution in [0.1, 0.15) is 58.9 Å². The summed E-state index contributed by atoms with van der Waals surface area (Å²) in [5.74, 6) is 0. The van der Waals surface area contributed by atoms with E-state index in [0.29, 0.717) is 16.9 Å². The summed E-state index contributed by atoms with van der Waals surface area (Å²) in [5.41, 5.74) is 2.29. The molecule has 1 saturated carbocycles. The Kier molecular flexibility index (Phi) is 4.29. The minimum absolute atomic E-state index is 0.310. The average Bonchev–Trinajstić information content (AvgIpc) is 2.39. The first-order valence-electron chi connectivity index (χ1n) is 7.70. The molecule has 1 aromatic heterocycles. The second-order valence-electron chi connectivity index (χ2n) is 6.62. The molecular weight excluding hydrogens is 232 g/mol. The van der Waals surface area contributed by atoms with Crippen LogP contribution < -0.4 is 5.32 Å². The van der Waals surface area contributed by atoms with Crippen molar-refractivity contribution in [3.8, 4) is 0 Å². The summed E-state index contributed by atoms with van der Waals surface area (Å²) in [5, 5.41) is 3.64. The van der Waals surface area contributed by atoms with E-state index in [1.54, 1.807) is 0 Å². The van der Waals surface area contributed by atoms with Gasteiger partial charge in [-0.05, 0) is 29.9 Å². The van der Waals surface area contributed by atoms with E-state index in [1.165, 1.54) is 31.2 Å². The largest absolute Gasteiger partial charge is 0.314 e. The summed E-state index contributed by atoms with van der Waals surface area (Å²) in [6.45, 7) is 10.2. The Labute approximate surface area is 118 Å². The van der Waals surface area contributed by atoms with Crippen LogP contribution >= 0.6 is 0 Å². The third-order valence-corrected chi connectivity index (χ3v) is 5.05. The summed E-state index contributed by atoms with van der Waals surface area (Å²) >= 11 is 0. The molecule has 1 aliphatic carbocycles. The predicted octanol–water partition coefficient (Wildman–Crippen LogP) is 3.92. The first-order valence-corrected chi connectivity index (χ1v) is 7.70. The Morgan fingerprint density at radius 2 is 1.95 bits per heavy atom. The normalized spacial score (nSPS) is 20.3. The molecule has 0 aromatic carbocycles. The number of pyridine rings is 1. The van der Waals surface area contributed by atoms with Crippen molar-refractivity contribution >= 4 is 0 Å². The van der Waals surface area contributed by atoms with E-state index in [0.717, 1.165) is 6.54 Å². The van der Waals surface area contributed by atoms with Crippen LogP contribution in [0.2, 0.25) is 0 Å². The van der Waals surface area contributed by atoms with Crippen LogP contribution in [0.25, 0.3) is 0 Å². The van der Waals surface area contributed by atoms with E-state index in [1.807, 2.05) is 6.20 Å². The molecule has 0 aliphatic heterocycles. The van der Waals surface area contributed by atoms with E-state index >= 15 is 0 Å². The van der Waals surface area contributed by atoms with Crippen molar-refractivity contribution in [2.24, 2.45) is 5.41 Å². The predicted molar refractivity (Wildman–Crippen MR) is 81.3 cm³/mol. The summed E-state index contributed by atoms with van der Waals surface area (Å²) in [7, 11) is 0. The van der Waals surface area contributed by atoms with Crippen LogP contribution in [0, 0.1) is 5.41 Å². The monoisotopic (exact) mass is 260 g/mol. The molecule has 0 spiro atoms. The number of nitrogens with one attached hydrogen (secondary N) is 1. The maximum Gasteiger partial charge on any atom is 0.0306 e. The molecule has 0 unspecified atom stereocenters. The number of aromatic nitrogens is 1. The smallest absolute Gasteiger partial charge is 0.0306 e. The van der Waals surface area contributed by atoms with Gasteiger partial charge in [0.2, 0.25) is 0 Å². The van der Waals surface area contributed by atoms with Gasteiger partial charge in [-0.15, -0.1) is 0 Å². The molecule has 1 heterocycles. The molecular formula is C17H28N2. The van der Waals surface area contributed by atoms with Gasteiger partial charge < -0.3 is 5.32 Å². The summed E-state index contributed by atoms with van der Waals surface area (Å²) < 4.78 is 0. The van der Waals surface area contributed by atoms with Gasteiger partial charge in [0, 0.05) is 30.4 Å². The van der Waals surface area contributed by atoms with Crippen molar-refractivity contribution in [1.82, 2.24) is 10.3 Å². The van der Waals surface area contributed by atoms with Crippen molar-refractivity contribution < 1.29 is 0 Å². The maximum absolute atomic E-state index is 4.33. The van der Waals surface area contributed by atoms with Crippen LogP contribution in [0.3, 0.4) is 0 Å². The van der Waals surface area contributed by atoms with Gasteiger partial charge in [0.05, 0.1) is 0 Å². The second-order valence-corrected chi connectivity index (χ2v) is 6.62. The standard InChI is InChI=1S/C17H28N2/c1-5-16(6-2)11-17(12-16,13-19-14(3)4)15-8-7-9-18-10-15/h7-10,14,19H,5-6,11-13H2,1-4H3. The topological polar surface area (TPSA) is 24.9 Å². The highest BCUT2D eigenvalue weighted by atomic mass is 14.9. The van der Waals surface area contributed by atoms with E-state index < -0.39 is 0 Å². The van der Waals surface area contributed by atoms with Crippen LogP contribution in [-0.4, -0.2) is 17.6 Å². The Morgan fingerprint density at radius 3 is 2.42 bits per heavy atom. The fourth-order valence-electron chi connectivity index (χ4n) is 3.64. The Balaban J connectivity index is 2.18. The van der Waals surface area contributed by atoms with E-state index in [9.17, 15) is 0 Å². The first-order chi connectivity index (χ1) is 9.06. The SMILES string of the molecule is CCC1(CC)CC(CNC(C)C)(c2cccnc2)C1. The third kappa shape index (κ3) is 2.84. The van der Waals surface area contributed by atoms with Crippen LogP contribution in [-0.2, 0) is 5.41 Å². The molecule has 106 valence electrons. The zero-order valence-electron chi connectivity index (χ0n) is 12.9. The number of rotatable bonds is 6. The van der Waals surface area contributed by atoms with Crippen molar-refractivity contribution in [3.05, 3.63) is 30.1 Å². The molecule has 1 fully saturated rings. The molecule has 1 aromatic rings. The van der Waals surface area contributed by atoms with Crippen molar-refractivity contribution in [3.63, 3.8) is 0 Å². The molecule has 0 atom stereocenters. The van der Waals surface area contributed by atoms with Crippen molar-refractivity contribution in [1.29, 1.82) is 0 Å². The molecule has 1 aliphatic rings. The summed E-state index contributed by atoms with van der Waals surface area (Å²) in [6, 6.07) is 4.88. The second kappa shape index (κ2) is 5.62. The molecule has 2 heteroatoms. The molecule has 2 nitrogen and oxygen atoms in total. The molecule has 0 bridgehead atoms. The number of hydrogen-bond donors (Lipinski definition) is 1. The van der Waals surface area contributed by atoms with E-state index in [4.69, 9.17) is 0 Å². The summed E-state index contributed by atoms with van der Waals surface area (Å²) in [6.07, 6.45) is 9.15. The van der Waals surface area contributed by atoms with Gasteiger partial charge in [-0.3, -0.25) is 4.98 Å². The van der Waals surface area contributed by atoms with Gasteiger partial charge in [-0.25, -0.2) is 0 Å². The van der Waals surface area contributed by atoms with E-state index in [-0.39, 0.29) is 0 Å². The molecule has 1 N–H and O–H groups in total. The molecule has 0 saturated heterocycles. The lowest BCUT2D eigenvalue weighted by atomic mass is 9.48. The average molecular weight is 260 g/mol. The Hall–Kier alpha value is -0.890. The fraction of sp³-hybridized carbons (Fsp3) is 0.706. The van der Waals surface area contributed by atoms with Gasteiger partial charge in [0.1, 0.15) is 0 Å². The first kappa shape index (κ1) is 14.5. The van der Waals surface area contributed by atoms with Crippen molar-refractivity contribution in [2.45, 2.75) is 64.8 Å². The van der Waals surface area contributed by atoms with Gasteiger partial charge in [0.15, 0.2) is 0 Å². The Morgan fingerprint density at radius 1 is 1.26 bits per heavy atom. The highest BCUT2D eigenvalue weighted by Crippen LogP contribution is 2.58. The zero-order chi connectivity index (χ0) is 13.9. The van der Waals surface area contributed by atoms with Crippen LogP contribution in [0.5, 0.6) is 0 Å². The third-order valence-electron chi connectivity index (χ3n) is 5.05. The highest BCUT2D eigenvalue weighted by Gasteiger charge is 2.52. The van der Waals surface area contributed by atoms with Crippen LogP contribution in [0.4, 0.5) is 0 Å².